The normalized spacial score (nSPS) is 15.6. The molecule has 1 unspecified atom stereocenters. The number of nitrogens with one attached hydrogen (secondary N) is 2. The molecule has 0 aliphatic carbocycles. The van der Waals surface area contributed by atoms with E-state index in [4.69, 9.17) is 5.26 Å². The third-order valence-electron chi connectivity index (χ3n) is 5.75. The van der Waals surface area contributed by atoms with Gasteiger partial charge in [0.05, 0.1) is 17.2 Å². The van der Waals surface area contributed by atoms with E-state index < -0.39 is 29.7 Å². The number of benzene rings is 3. The molecule has 4 rings (SSSR count). The number of allylic oxidation sites excluding steroid dienone is 2. The van der Waals surface area contributed by atoms with Gasteiger partial charge in [-0.15, -0.1) is 0 Å². The van der Waals surface area contributed by atoms with Crippen LogP contribution in [0.1, 0.15) is 27.8 Å². The van der Waals surface area contributed by atoms with Crippen LogP contribution >= 0.6 is 0 Å². The van der Waals surface area contributed by atoms with E-state index in [1.165, 1.54) is 24.3 Å². The first kappa shape index (κ1) is 25.4. The number of rotatable bonds is 5. The van der Waals surface area contributed by atoms with Crippen LogP contribution in [0.5, 0.6) is 0 Å². The Morgan fingerprint density at radius 2 is 1.70 bits per heavy atom. The smallest absolute Gasteiger partial charge is 0.383 e. The molecule has 2 amide bonds. The summed E-state index contributed by atoms with van der Waals surface area (Å²) in [5.41, 5.74) is 2.86. The summed E-state index contributed by atoms with van der Waals surface area (Å²) in [6.07, 6.45) is -1.32. The SMILES string of the molecule is N#Cc1ccc(/C(=C\C=C\C(=O)Nc2cccc3c2CC(O)C(=O)N3)c2ccc(C(F)(F)F)cc2)cc1. The van der Waals surface area contributed by atoms with Gasteiger partial charge in [-0.3, -0.25) is 9.59 Å². The van der Waals surface area contributed by atoms with E-state index in [1.807, 2.05) is 6.07 Å². The maximum absolute atomic E-state index is 13.0. The lowest BCUT2D eigenvalue weighted by atomic mass is 9.95. The number of anilines is 2. The molecule has 0 saturated heterocycles. The Morgan fingerprint density at radius 3 is 2.32 bits per heavy atom. The molecular weight excluding hydrogens is 483 g/mol. The standard InChI is InChI=1S/C28H20F3N3O3/c29-28(30,31)20-13-11-19(12-14-20)21(18-9-7-17(16-32)8-10-18)3-1-6-26(36)33-23-4-2-5-24-22(23)15-25(35)27(37)34-24/h1-14,25,35H,15H2,(H,33,36)(H,34,37)/b6-1+,21-3+. The lowest BCUT2D eigenvalue weighted by molar-refractivity contribution is -0.137. The third-order valence-corrected chi connectivity index (χ3v) is 5.75. The molecular formula is C28H20F3N3O3. The van der Waals surface area contributed by atoms with E-state index in [0.29, 0.717) is 39.2 Å². The highest BCUT2D eigenvalue weighted by Crippen LogP contribution is 2.32. The van der Waals surface area contributed by atoms with Crippen molar-refractivity contribution < 1.29 is 27.9 Å². The average Bonchev–Trinajstić information content (AvgIpc) is 2.87. The second-order valence-corrected chi connectivity index (χ2v) is 8.23. The second kappa shape index (κ2) is 10.5. The van der Waals surface area contributed by atoms with Crippen LogP contribution in [0.4, 0.5) is 24.5 Å². The fourth-order valence-electron chi connectivity index (χ4n) is 3.87. The number of alkyl halides is 3. The molecule has 0 fully saturated rings. The summed E-state index contributed by atoms with van der Waals surface area (Å²) >= 11 is 0. The first-order valence-corrected chi connectivity index (χ1v) is 11.1. The maximum atomic E-state index is 13.0. The number of nitrogens with zero attached hydrogens (tertiary/aromatic N) is 1. The largest absolute Gasteiger partial charge is 0.416 e. The lowest BCUT2D eigenvalue weighted by Gasteiger charge is -2.23. The Labute approximate surface area is 210 Å². The number of aliphatic hydroxyl groups excluding tert-OH is 1. The number of amides is 2. The fourth-order valence-corrected chi connectivity index (χ4v) is 3.87. The van der Waals surface area contributed by atoms with Crippen LogP contribution < -0.4 is 10.6 Å². The van der Waals surface area contributed by atoms with Gasteiger partial charge in [-0.2, -0.15) is 18.4 Å². The topological polar surface area (TPSA) is 102 Å². The minimum absolute atomic E-state index is 0.0536. The Kier molecular flexibility index (Phi) is 7.22. The molecule has 1 heterocycles. The Morgan fingerprint density at radius 1 is 1.05 bits per heavy atom. The molecule has 186 valence electrons. The zero-order valence-electron chi connectivity index (χ0n) is 19.2. The zero-order valence-corrected chi connectivity index (χ0v) is 19.2. The van der Waals surface area contributed by atoms with Gasteiger partial charge in [0.1, 0.15) is 6.10 Å². The number of carbonyl (C=O) groups is 2. The quantitative estimate of drug-likeness (QED) is 0.335. The van der Waals surface area contributed by atoms with Crippen molar-refractivity contribution >= 4 is 28.8 Å². The van der Waals surface area contributed by atoms with Crippen molar-refractivity contribution in [2.45, 2.75) is 18.7 Å². The van der Waals surface area contributed by atoms with Gasteiger partial charge < -0.3 is 15.7 Å². The second-order valence-electron chi connectivity index (χ2n) is 8.23. The summed E-state index contributed by atoms with van der Waals surface area (Å²) in [6.45, 7) is 0. The van der Waals surface area contributed by atoms with Gasteiger partial charge in [-0.25, -0.2) is 0 Å². The summed E-state index contributed by atoms with van der Waals surface area (Å²) < 4.78 is 39.0. The van der Waals surface area contributed by atoms with Crippen LogP contribution in [0.3, 0.4) is 0 Å². The molecule has 3 aromatic rings. The van der Waals surface area contributed by atoms with E-state index in [0.717, 1.165) is 12.1 Å². The Bertz CT molecular complexity index is 1430. The molecule has 0 bridgehead atoms. The van der Waals surface area contributed by atoms with E-state index in [9.17, 15) is 27.9 Å². The van der Waals surface area contributed by atoms with Crippen molar-refractivity contribution in [2.24, 2.45) is 0 Å². The minimum Gasteiger partial charge on any atom is -0.383 e. The van der Waals surface area contributed by atoms with Gasteiger partial charge in [-0.05, 0) is 53.1 Å². The molecule has 1 aliphatic heterocycles. The number of halogens is 3. The first-order chi connectivity index (χ1) is 17.7. The number of hydrogen-bond donors (Lipinski definition) is 3. The van der Waals surface area contributed by atoms with Gasteiger partial charge in [0, 0.05) is 29.4 Å². The Balaban J connectivity index is 1.59. The van der Waals surface area contributed by atoms with E-state index in [-0.39, 0.29) is 6.42 Å². The van der Waals surface area contributed by atoms with Crippen LogP contribution in [0.2, 0.25) is 0 Å². The monoisotopic (exact) mass is 503 g/mol. The number of fused-ring (bicyclic) bond motifs is 1. The number of aliphatic hydroxyl groups is 1. The maximum Gasteiger partial charge on any atom is 0.416 e. The van der Waals surface area contributed by atoms with Crippen molar-refractivity contribution in [1.82, 2.24) is 0 Å². The van der Waals surface area contributed by atoms with Crippen LogP contribution in [0, 0.1) is 11.3 Å². The summed E-state index contributed by atoms with van der Waals surface area (Å²) in [7, 11) is 0. The summed E-state index contributed by atoms with van der Waals surface area (Å²) in [5.74, 6) is -0.998. The molecule has 3 N–H and O–H groups in total. The van der Waals surface area contributed by atoms with E-state index in [1.54, 1.807) is 48.5 Å². The van der Waals surface area contributed by atoms with Crippen molar-refractivity contribution in [2.75, 3.05) is 10.6 Å². The molecule has 0 spiro atoms. The number of nitriles is 1. The molecule has 1 aliphatic rings. The predicted molar refractivity (Wildman–Crippen MR) is 132 cm³/mol. The molecule has 1 atom stereocenters. The van der Waals surface area contributed by atoms with Crippen LogP contribution in [-0.4, -0.2) is 23.0 Å². The van der Waals surface area contributed by atoms with Crippen molar-refractivity contribution in [3.05, 3.63) is 113 Å². The molecule has 0 aromatic heterocycles. The predicted octanol–water partition coefficient (Wildman–Crippen LogP) is 5.06. The first-order valence-electron chi connectivity index (χ1n) is 11.1. The van der Waals surface area contributed by atoms with Crippen LogP contribution in [-0.2, 0) is 22.2 Å². The van der Waals surface area contributed by atoms with Gasteiger partial charge in [-0.1, -0.05) is 42.5 Å². The Hall–Kier alpha value is -4.68. The molecule has 9 heteroatoms. The van der Waals surface area contributed by atoms with Gasteiger partial charge in [0.25, 0.3) is 5.91 Å². The van der Waals surface area contributed by atoms with Crippen molar-refractivity contribution in [3.63, 3.8) is 0 Å². The van der Waals surface area contributed by atoms with Crippen molar-refractivity contribution in [1.29, 1.82) is 5.26 Å². The van der Waals surface area contributed by atoms with Crippen molar-refractivity contribution in [3.8, 4) is 6.07 Å². The van der Waals surface area contributed by atoms with Crippen LogP contribution in [0.15, 0.2) is 85.0 Å². The van der Waals surface area contributed by atoms with E-state index in [2.05, 4.69) is 10.6 Å². The summed E-state index contributed by atoms with van der Waals surface area (Å²) in [6, 6.07) is 18.2. The average molecular weight is 503 g/mol. The highest BCUT2D eigenvalue weighted by molar-refractivity contribution is 6.03. The number of carbonyl (C=O) groups excluding carboxylic acids is 2. The minimum atomic E-state index is -4.47. The zero-order chi connectivity index (χ0) is 26.6. The highest BCUT2D eigenvalue weighted by atomic mass is 19.4. The lowest BCUT2D eigenvalue weighted by Crippen LogP contribution is -2.34. The summed E-state index contributed by atoms with van der Waals surface area (Å²) in [5, 5.41) is 24.2. The fraction of sp³-hybridized carbons (Fsp3) is 0.107. The van der Waals surface area contributed by atoms with E-state index >= 15 is 0 Å². The summed E-state index contributed by atoms with van der Waals surface area (Å²) in [4.78, 5) is 24.3. The van der Waals surface area contributed by atoms with Gasteiger partial charge >= 0.3 is 6.18 Å². The van der Waals surface area contributed by atoms with Gasteiger partial charge in [0.15, 0.2) is 0 Å². The third kappa shape index (κ3) is 5.94. The molecule has 3 aromatic carbocycles. The number of hydrogen-bond acceptors (Lipinski definition) is 4. The molecule has 0 radical (unpaired) electrons. The molecule has 6 nitrogen and oxygen atoms in total. The molecule has 37 heavy (non-hydrogen) atoms. The van der Waals surface area contributed by atoms with Crippen LogP contribution in [0.25, 0.3) is 5.57 Å². The highest BCUT2D eigenvalue weighted by Gasteiger charge is 2.30. The molecule has 0 saturated carbocycles. The van der Waals surface area contributed by atoms with Gasteiger partial charge in [0.2, 0.25) is 5.91 Å².